The molecule has 0 aliphatic heterocycles. The standard InChI is InChI=1S/C15H15Br2NO/c1-10-3-4-11(9-18-2)7-15(10)19-14-6-5-12(16)8-13(14)17/h3-8,18H,9H2,1-2H3. The van der Waals surface area contributed by atoms with Gasteiger partial charge in [-0.1, -0.05) is 28.1 Å². The highest BCUT2D eigenvalue weighted by Crippen LogP contribution is 2.33. The maximum atomic E-state index is 5.99. The van der Waals surface area contributed by atoms with Crippen molar-refractivity contribution in [1.82, 2.24) is 5.32 Å². The summed E-state index contributed by atoms with van der Waals surface area (Å²) in [5, 5.41) is 3.14. The minimum absolute atomic E-state index is 0.813. The van der Waals surface area contributed by atoms with E-state index in [1.807, 2.05) is 32.2 Å². The Bertz CT molecular complexity index is 584. The third-order valence-electron chi connectivity index (χ3n) is 2.75. The fourth-order valence-electron chi connectivity index (χ4n) is 1.74. The average Bonchev–Trinajstić information content (AvgIpc) is 2.37. The fourth-order valence-corrected chi connectivity index (χ4v) is 2.87. The fraction of sp³-hybridized carbons (Fsp3) is 0.200. The van der Waals surface area contributed by atoms with Crippen molar-refractivity contribution < 1.29 is 4.74 Å². The van der Waals surface area contributed by atoms with Crippen LogP contribution in [0.5, 0.6) is 11.5 Å². The van der Waals surface area contributed by atoms with Crippen molar-refractivity contribution >= 4 is 31.9 Å². The van der Waals surface area contributed by atoms with E-state index in [1.165, 1.54) is 5.56 Å². The zero-order valence-electron chi connectivity index (χ0n) is 10.8. The van der Waals surface area contributed by atoms with E-state index in [0.29, 0.717) is 0 Å². The van der Waals surface area contributed by atoms with Crippen molar-refractivity contribution in [1.29, 1.82) is 0 Å². The first-order chi connectivity index (χ1) is 9.10. The molecular weight excluding hydrogens is 370 g/mol. The number of nitrogens with one attached hydrogen (secondary N) is 1. The molecule has 2 rings (SSSR count). The second-order valence-corrected chi connectivity index (χ2v) is 6.08. The van der Waals surface area contributed by atoms with E-state index >= 15 is 0 Å². The summed E-state index contributed by atoms with van der Waals surface area (Å²) in [4.78, 5) is 0. The molecule has 2 aromatic carbocycles. The maximum absolute atomic E-state index is 5.99. The van der Waals surface area contributed by atoms with Gasteiger partial charge in [-0.15, -0.1) is 0 Å². The molecule has 0 bridgehead atoms. The number of aryl methyl sites for hydroxylation is 1. The summed E-state index contributed by atoms with van der Waals surface area (Å²) in [7, 11) is 1.94. The summed E-state index contributed by atoms with van der Waals surface area (Å²) in [5.74, 6) is 1.70. The van der Waals surface area contributed by atoms with Crippen LogP contribution in [0.2, 0.25) is 0 Å². The number of halogens is 2. The smallest absolute Gasteiger partial charge is 0.141 e. The van der Waals surface area contributed by atoms with Crippen molar-refractivity contribution in [2.24, 2.45) is 0 Å². The van der Waals surface area contributed by atoms with Crippen LogP contribution in [-0.4, -0.2) is 7.05 Å². The lowest BCUT2D eigenvalue weighted by molar-refractivity contribution is 0.475. The molecule has 0 aromatic heterocycles. The molecule has 19 heavy (non-hydrogen) atoms. The Morgan fingerprint density at radius 2 is 1.84 bits per heavy atom. The van der Waals surface area contributed by atoms with Crippen LogP contribution in [-0.2, 0) is 6.54 Å². The third kappa shape index (κ3) is 3.81. The molecule has 0 fully saturated rings. The first-order valence-electron chi connectivity index (χ1n) is 5.97. The lowest BCUT2D eigenvalue weighted by atomic mass is 10.1. The van der Waals surface area contributed by atoms with E-state index in [-0.39, 0.29) is 0 Å². The summed E-state index contributed by atoms with van der Waals surface area (Å²) in [5.41, 5.74) is 2.33. The van der Waals surface area contributed by atoms with Crippen molar-refractivity contribution in [3.8, 4) is 11.5 Å². The molecule has 4 heteroatoms. The SMILES string of the molecule is CNCc1ccc(C)c(Oc2ccc(Br)cc2Br)c1. The maximum Gasteiger partial charge on any atom is 0.141 e. The highest BCUT2D eigenvalue weighted by molar-refractivity contribution is 9.11. The Balaban J connectivity index is 2.29. The number of hydrogen-bond acceptors (Lipinski definition) is 2. The van der Waals surface area contributed by atoms with Crippen LogP contribution in [0.4, 0.5) is 0 Å². The molecule has 0 amide bonds. The van der Waals surface area contributed by atoms with Crippen LogP contribution in [0.15, 0.2) is 45.3 Å². The predicted octanol–water partition coefficient (Wildman–Crippen LogP) is 5.03. The zero-order valence-corrected chi connectivity index (χ0v) is 14.0. The van der Waals surface area contributed by atoms with E-state index in [9.17, 15) is 0 Å². The van der Waals surface area contributed by atoms with Crippen LogP contribution in [0.25, 0.3) is 0 Å². The van der Waals surface area contributed by atoms with E-state index in [2.05, 4.69) is 55.4 Å². The van der Waals surface area contributed by atoms with Gasteiger partial charge in [0.25, 0.3) is 0 Å². The molecule has 0 aliphatic carbocycles. The summed E-state index contributed by atoms with van der Waals surface area (Å²) in [6, 6.07) is 12.1. The molecule has 2 nitrogen and oxygen atoms in total. The van der Waals surface area contributed by atoms with Gasteiger partial charge in [0.1, 0.15) is 11.5 Å². The Labute approximate surface area is 130 Å². The van der Waals surface area contributed by atoms with Gasteiger partial charge in [-0.3, -0.25) is 0 Å². The second kappa shape index (κ2) is 6.55. The quantitative estimate of drug-likeness (QED) is 0.797. The van der Waals surface area contributed by atoms with Crippen LogP contribution < -0.4 is 10.1 Å². The van der Waals surface area contributed by atoms with Gasteiger partial charge in [0.05, 0.1) is 4.47 Å². The van der Waals surface area contributed by atoms with E-state index in [4.69, 9.17) is 4.74 Å². The summed E-state index contributed by atoms with van der Waals surface area (Å²) < 4.78 is 7.94. The average molecular weight is 385 g/mol. The summed E-state index contributed by atoms with van der Waals surface area (Å²) in [6.45, 7) is 2.88. The van der Waals surface area contributed by atoms with Crippen molar-refractivity contribution in [2.45, 2.75) is 13.5 Å². The van der Waals surface area contributed by atoms with E-state index in [1.54, 1.807) is 0 Å². The Morgan fingerprint density at radius 3 is 2.53 bits per heavy atom. The summed E-state index contributed by atoms with van der Waals surface area (Å²) in [6.07, 6.45) is 0. The molecule has 0 unspecified atom stereocenters. The molecule has 0 saturated carbocycles. The molecule has 1 N–H and O–H groups in total. The van der Waals surface area contributed by atoms with Crippen LogP contribution in [0.1, 0.15) is 11.1 Å². The van der Waals surface area contributed by atoms with E-state index in [0.717, 1.165) is 32.6 Å². The van der Waals surface area contributed by atoms with Crippen LogP contribution >= 0.6 is 31.9 Å². The molecule has 0 atom stereocenters. The monoisotopic (exact) mass is 383 g/mol. The Kier molecular flexibility index (Phi) is 5.02. The topological polar surface area (TPSA) is 21.3 Å². The number of rotatable bonds is 4. The first kappa shape index (κ1) is 14.6. The van der Waals surface area contributed by atoms with Gasteiger partial charge < -0.3 is 10.1 Å². The third-order valence-corrected chi connectivity index (χ3v) is 3.86. The van der Waals surface area contributed by atoms with E-state index < -0.39 is 0 Å². The number of hydrogen-bond donors (Lipinski definition) is 1. The molecular formula is C15H15Br2NO. The molecule has 2 aromatic rings. The van der Waals surface area contributed by atoms with Crippen LogP contribution in [0.3, 0.4) is 0 Å². The largest absolute Gasteiger partial charge is 0.456 e. The van der Waals surface area contributed by atoms with Gasteiger partial charge in [-0.2, -0.15) is 0 Å². The van der Waals surface area contributed by atoms with Crippen molar-refractivity contribution in [2.75, 3.05) is 7.05 Å². The number of ether oxygens (including phenoxy) is 1. The Hall–Kier alpha value is -0.840. The van der Waals surface area contributed by atoms with Crippen molar-refractivity contribution in [3.63, 3.8) is 0 Å². The lowest BCUT2D eigenvalue weighted by Crippen LogP contribution is -2.05. The van der Waals surface area contributed by atoms with Gasteiger partial charge in [0.15, 0.2) is 0 Å². The molecule has 0 radical (unpaired) electrons. The predicted molar refractivity (Wildman–Crippen MR) is 85.9 cm³/mol. The molecule has 0 saturated heterocycles. The minimum atomic E-state index is 0.813. The van der Waals surface area contributed by atoms with Gasteiger partial charge in [0.2, 0.25) is 0 Å². The van der Waals surface area contributed by atoms with Gasteiger partial charge >= 0.3 is 0 Å². The molecule has 0 heterocycles. The molecule has 0 aliphatic rings. The molecule has 0 spiro atoms. The molecule has 100 valence electrons. The highest BCUT2D eigenvalue weighted by Gasteiger charge is 2.06. The normalized spacial score (nSPS) is 10.5. The van der Waals surface area contributed by atoms with Crippen LogP contribution in [0, 0.1) is 6.92 Å². The lowest BCUT2D eigenvalue weighted by Gasteiger charge is -2.12. The van der Waals surface area contributed by atoms with Crippen molar-refractivity contribution in [3.05, 3.63) is 56.5 Å². The zero-order chi connectivity index (χ0) is 13.8. The first-order valence-corrected chi connectivity index (χ1v) is 7.56. The van der Waals surface area contributed by atoms with Gasteiger partial charge in [-0.05, 0) is 65.3 Å². The minimum Gasteiger partial charge on any atom is -0.456 e. The van der Waals surface area contributed by atoms with Gasteiger partial charge in [-0.25, -0.2) is 0 Å². The number of benzene rings is 2. The summed E-state index contributed by atoms with van der Waals surface area (Å²) >= 11 is 6.95. The second-order valence-electron chi connectivity index (χ2n) is 4.31. The Morgan fingerprint density at radius 1 is 1.05 bits per heavy atom. The highest BCUT2D eigenvalue weighted by atomic mass is 79.9. The van der Waals surface area contributed by atoms with Gasteiger partial charge in [0, 0.05) is 11.0 Å².